The van der Waals surface area contributed by atoms with Crippen LogP contribution in [0.4, 0.5) is 5.69 Å². The number of piperidine rings is 1. The van der Waals surface area contributed by atoms with Crippen molar-refractivity contribution < 1.29 is 13.2 Å². The standard InChI is InChI=1S/C20H28N2O3S/c1-15-11-16(2)14-22(13-15)26(24,25)19-9-7-18(8-10-19)21-20(23)12-17-5-3-4-6-17/h3,5,7-10,15-17H,4,6,11-14H2,1-2H3,(H,21,23)/t15-,16-,17-/m0/s1. The van der Waals surface area contributed by atoms with Crippen LogP contribution in [0.1, 0.15) is 39.5 Å². The molecule has 0 radical (unpaired) electrons. The van der Waals surface area contributed by atoms with Crippen molar-refractivity contribution >= 4 is 21.6 Å². The Balaban J connectivity index is 1.64. The molecule has 3 atom stereocenters. The first-order valence-corrected chi connectivity index (χ1v) is 10.9. The number of carbonyl (C=O) groups is 1. The molecule has 1 aromatic carbocycles. The van der Waals surface area contributed by atoms with Gasteiger partial charge in [0.05, 0.1) is 4.90 Å². The number of hydrogen-bond donors (Lipinski definition) is 1. The molecule has 2 aliphatic rings. The number of benzene rings is 1. The lowest BCUT2D eigenvalue weighted by atomic mass is 9.94. The normalized spacial score (nSPS) is 26.8. The fourth-order valence-electron chi connectivity index (χ4n) is 3.98. The lowest BCUT2D eigenvalue weighted by Crippen LogP contribution is -2.42. The minimum absolute atomic E-state index is 0.0316. The fraction of sp³-hybridized carbons (Fsp3) is 0.550. The molecule has 3 rings (SSSR count). The van der Waals surface area contributed by atoms with Crippen molar-refractivity contribution in [3.63, 3.8) is 0 Å². The number of sulfonamides is 1. The number of nitrogens with zero attached hydrogens (tertiary/aromatic N) is 1. The summed E-state index contributed by atoms with van der Waals surface area (Å²) in [5.74, 6) is 1.03. The summed E-state index contributed by atoms with van der Waals surface area (Å²) in [6.07, 6.45) is 7.80. The number of rotatable bonds is 5. The lowest BCUT2D eigenvalue weighted by molar-refractivity contribution is -0.116. The Kier molecular flexibility index (Phi) is 5.82. The van der Waals surface area contributed by atoms with E-state index in [0.29, 0.717) is 43.0 Å². The monoisotopic (exact) mass is 376 g/mol. The van der Waals surface area contributed by atoms with Gasteiger partial charge in [-0.2, -0.15) is 4.31 Å². The Morgan fingerprint density at radius 3 is 2.38 bits per heavy atom. The zero-order valence-electron chi connectivity index (χ0n) is 15.5. The summed E-state index contributed by atoms with van der Waals surface area (Å²) in [5, 5.41) is 2.86. The van der Waals surface area contributed by atoms with Crippen LogP contribution in [0.2, 0.25) is 0 Å². The zero-order valence-corrected chi connectivity index (χ0v) is 16.3. The largest absolute Gasteiger partial charge is 0.326 e. The number of nitrogens with one attached hydrogen (secondary N) is 1. The second kappa shape index (κ2) is 7.92. The molecule has 1 saturated heterocycles. The highest BCUT2D eigenvalue weighted by molar-refractivity contribution is 7.89. The van der Waals surface area contributed by atoms with Crippen LogP contribution in [-0.4, -0.2) is 31.7 Å². The maximum atomic E-state index is 12.9. The quantitative estimate of drug-likeness (QED) is 0.798. The Morgan fingerprint density at radius 1 is 1.15 bits per heavy atom. The van der Waals surface area contributed by atoms with Gasteiger partial charge in [0.25, 0.3) is 0 Å². The van der Waals surface area contributed by atoms with Crippen molar-refractivity contribution in [2.24, 2.45) is 17.8 Å². The SMILES string of the molecule is C[C@H]1C[C@H](C)CN(S(=O)(=O)c2ccc(NC(=O)C[C@H]3C=CCC3)cc2)C1. The summed E-state index contributed by atoms with van der Waals surface area (Å²) >= 11 is 0. The molecule has 5 nitrogen and oxygen atoms in total. The van der Waals surface area contributed by atoms with Crippen molar-refractivity contribution in [1.82, 2.24) is 4.31 Å². The molecule has 0 spiro atoms. The molecule has 1 aliphatic carbocycles. The molecular formula is C20H28N2O3S. The van der Waals surface area contributed by atoms with Crippen LogP contribution in [0.25, 0.3) is 0 Å². The Morgan fingerprint density at radius 2 is 1.81 bits per heavy atom. The van der Waals surface area contributed by atoms with E-state index in [1.807, 2.05) is 0 Å². The summed E-state index contributed by atoms with van der Waals surface area (Å²) in [6, 6.07) is 6.52. The molecule has 1 aliphatic heterocycles. The van der Waals surface area contributed by atoms with E-state index in [9.17, 15) is 13.2 Å². The molecule has 0 aromatic heterocycles. The van der Waals surface area contributed by atoms with Crippen molar-refractivity contribution in [1.29, 1.82) is 0 Å². The van der Waals surface area contributed by atoms with Crippen LogP contribution in [0, 0.1) is 17.8 Å². The van der Waals surface area contributed by atoms with Gasteiger partial charge in [-0.05, 0) is 61.3 Å². The maximum absolute atomic E-state index is 12.9. The van der Waals surface area contributed by atoms with Gasteiger partial charge in [-0.1, -0.05) is 26.0 Å². The number of hydrogen-bond acceptors (Lipinski definition) is 3. The van der Waals surface area contributed by atoms with Gasteiger partial charge in [0.15, 0.2) is 0 Å². The minimum Gasteiger partial charge on any atom is -0.326 e. The Bertz CT molecular complexity index is 761. The van der Waals surface area contributed by atoms with Crippen LogP contribution in [0.15, 0.2) is 41.3 Å². The maximum Gasteiger partial charge on any atom is 0.243 e. The molecule has 1 fully saturated rings. The molecule has 1 heterocycles. The third-order valence-corrected chi connectivity index (χ3v) is 7.02. The topological polar surface area (TPSA) is 66.5 Å². The van der Waals surface area contributed by atoms with Gasteiger partial charge < -0.3 is 5.32 Å². The van der Waals surface area contributed by atoms with Crippen LogP contribution in [-0.2, 0) is 14.8 Å². The predicted octanol–water partition coefficient (Wildman–Crippen LogP) is 3.65. The number of anilines is 1. The molecule has 26 heavy (non-hydrogen) atoms. The molecule has 6 heteroatoms. The summed E-state index contributed by atoms with van der Waals surface area (Å²) in [7, 11) is -3.48. The lowest BCUT2D eigenvalue weighted by Gasteiger charge is -2.34. The van der Waals surface area contributed by atoms with Crippen LogP contribution < -0.4 is 5.32 Å². The van der Waals surface area contributed by atoms with Gasteiger partial charge in [0, 0.05) is 25.2 Å². The van der Waals surface area contributed by atoms with E-state index in [1.165, 1.54) is 0 Å². The van der Waals surface area contributed by atoms with Crippen molar-refractivity contribution in [2.75, 3.05) is 18.4 Å². The van der Waals surface area contributed by atoms with E-state index >= 15 is 0 Å². The van der Waals surface area contributed by atoms with Gasteiger partial charge in [-0.25, -0.2) is 8.42 Å². The predicted molar refractivity (Wildman–Crippen MR) is 103 cm³/mol. The molecule has 0 saturated carbocycles. The van der Waals surface area contributed by atoms with Gasteiger partial charge in [-0.3, -0.25) is 4.79 Å². The van der Waals surface area contributed by atoms with Gasteiger partial charge >= 0.3 is 0 Å². The Labute approximate surface area is 156 Å². The van der Waals surface area contributed by atoms with Gasteiger partial charge in [-0.15, -0.1) is 0 Å². The second-order valence-corrected chi connectivity index (χ2v) is 9.75. The first-order valence-electron chi connectivity index (χ1n) is 9.41. The molecule has 0 unspecified atom stereocenters. The molecule has 0 bridgehead atoms. The number of allylic oxidation sites excluding steroid dienone is 2. The summed E-state index contributed by atoms with van der Waals surface area (Å²) in [5.41, 5.74) is 0.635. The van der Waals surface area contributed by atoms with Crippen LogP contribution >= 0.6 is 0 Å². The highest BCUT2D eigenvalue weighted by Crippen LogP contribution is 2.27. The summed E-state index contributed by atoms with van der Waals surface area (Å²) < 4.78 is 27.3. The van der Waals surface area contributed by atoms with E-state index in [2.05, 4.69) is 31.3 Å². The zero-order chi connectivity index (χ0) is 18.7. The van der Waals surface area contributed by atoms with Crippen LogP contribution in [0.3, 0.4) is 0 Å². The molecule has 1 amide bonds. The third kappa shape index (κ3) is 4.54. The van der Waals surface area contributed by atoms with Crippen molar-refractivity contribution in [3.8, 4) is 0 Å². The number of amides is 1. The smallest absolute Gasteiger partial charge is 0.243 e. The summed E-state index contributed by atoms with van der Waals surface area (Å²) in [6.45, 7) is 5.33. The second-order valence-electron chi connectivity index (χ2n) is 7.81. The van der Waals surface area contributed by atoms with E-state index in [0.717, 1.165) is 19.3 Å². The average molecular weight is 377 g/mol. The molecule has 142 valence electrons. The van der Waals surface area contributed by atoms with E-state index in [1.54, 1.807) is 28.6 Å². The number of carbonyl (C=O) groups excluding carboxylic acids is 1. The summed E-state index contributed by atoms with van der Waals surface area (Å²) in [4.78, 5) is 12.4. The molecule has 1 N–H and O–H groups in total. The van der Waals surface area contributed by atoms with Crippen molar-refractivity contribution in [2.45, 2.75) is 44.4 Å². The highest BCUT2D eigenvalue weighted by Gasteiger charge is 2.31. The fourth-order valence-corrected chi connectivity index (χ4v) is 5.66. The third-order valence-electron chi connectivity index (χ3n) is 5.17. The van der Waals surface area contributed by atoms with Crippen LogP contribution in [0.5, 0.6) is 0 Å². The van der Waals surface area contributed by atoms with E-state index in [-0.39, 0.29) is 10.8 Å². The van der Waals surface area contributed by atoms with Gasteiger partial charge in [0.2, 0.25) is 15.9 Å². The minimum atomic E-state index is -3.48. The molecular weight excluding hydrogens is 348 g/mol. The van der Waals surface area contributed by atoms with Crippen molar-refractivity contribution in [3.05, 3.63) is 36.4 Å². The van der Waals surface area contributed by atoms with E-state index < -0.39 is 10.0 Å². The molecule has 1 aromatic rings. The Hall–Kier alpha value is -1.66. The highest BCUT2D eigenvalue weighted by atomic mass is 32.2. The van der Waals surface area contributed by atoms with Gasteiger partial charge in [0.1, 0.15) is 0 Å². The first-order chi connectivity index (χ1) is 12.3. The first kappa shape index (κ1) is 19.1. The average Bonchev–Trinajstić information content (AvgIpc) is 3.07. The van der Waals surface area contributed by atoms with E-state index in [4.69, 9.17) is 0 Å².